The van der Waals surface area contributed by atoms with E-state index in [1.54, 1.807) is 22.7 Å². The third kappa shape index (κ3) is 9.34. The summed E-state index contributed by atoms with van der Waals surface area (Å²) in [5.41, 5.74) is 5.19. The minimum absolute atomic E-state index is 0.802. The molecule has 0 aliphatic rings. The van der Waals surface area contributed by atoms with E-state index in [1.807, 2.05) is 0 Å². The van der Waals surface area contributed by atoms with Crippen LogP contribution in [-0.4, -0.2) is 26.4 Å². The Kier molecular flexibility index (Phi) is 12.4. The lowest BCUT2D eigenvalue weighted by atomic mass is 10.1. The van der Waals surface area contributed by atoms with Crippen molar-refractivity contribution in [2.24, 2.45) is 0 Å². The highest BCUT2D eigenvalue weighted by molar-refractivity contribution is 7.11. The summed E-state index contributed by atoms with van der Waals surface area (Å²) in [5.74, 6) is 0. The summed E-state index contributed by atoms with van der Waals surface area (Å²) in [5, 5.41) is 4.34. The summed E-state index contributed by atoms with van der Waals surface area (Å²) in [6.07, 6.45) is 15.5. The minimum atomic E-state index is 0.802. The molecule has 4 heteroatoms. The summed E-state index contributed by atoms with van der Waals surface area (Å²) in [7, 11) is 0. The van der Waals surface area contributed by atoms with Crippen LogP contribution in [-0.2, 0) is 22.3 Å². The van der Waals surface area contributed by atoms with Crippen molar-refractivity contribution in [3.63, 3.8) is 0 Å². The number of unbranched alkanes of at least 4 members (excludes halogenated alkanes) is 2. The van der Waals surface area contributed by atoms with E-state index < -0.39 is 0 Å². The van der Waals surface area contributed by atoms with Gasteiger partial charge in [0.15, 0.2) is 0 Å². The van der Waals surface area contributed by atoms with Gasteiger partial charge in [-0.3, -0.25) is 0 Å². The van der Waals surface area contributed by atoms with E-state index in [9.17, 15) is 0 Å². The van der Waals surface area contributed by atoms with E-state index in [0.29, 0.717) is 0 Å². The molecule has 2 nitrogen and oxygen atoms in total. The third-order valence-electron chi connectivity index (χ3n) is 5.67. The predicted molar refractivity (Wildman–Crippen MR) is 152 cm³/mol. The van der Waals surface area contributed by atoms with E-state index in [2.05, 4.69) is 85.3 Å². The molecular weight excluding hydrogens is 456 g/mol. The van der Waals surface area contributed by atoms with Crippen molar-refractivity contribution >= 4 is 47.0 Å². The zero-order valence-corrected chi connectivity index (χ0v) is 22.3. The van der Waals surface area contributed by atoms with Gasteiger partial charge in [0, 0.05) is 23.0 Å². The lowest BCUT2D eigenvalue weighted by molar-refractivity contribution is 0.134. The fourth-order valence-electron chi connectivity index (χ4n) is 3.52. The molecule has 0 aliphatic carbocycles. The molecule has 0 saturated carbocycles. The molecule has 182 valence electrons. The van der Waals surface area contributed by atoms with Gasteiger partial charge in [0.1, 0.15) is 0 Å². The highest BCUT2D eigenvalue weighted by Gasteiger charge is 2.03. The van der Waals surface area contributed by atoms with Crippen molar-refractivity contribution < 1.29 is 9.47 Å². The van der Waals surface area contributed by atoms with E-state index in [0.717, 1.165) is 52.1 Å². The largest absolute Gasteiger partial charge is 0.381 e. The number of hydrogen-bond donors (Lipinski definition) is 0. The van der Waals surface area contributed by atoms with Crippen molar-refractivity contribution in [2.45, 2.75) is 52.4 Å². The quantitative estimate of drug-likeness (QED) is 0.185. The Hall–Kier alpha value is -1.98. The summed E-state index contributed by atoms with van der Waals surface area (Å²) in [4.78, 5) is 2.65. The standard InChI is InChI=1S/C30H38O2S2/c1-3-5-19-31-21-15-27-17-23-33-29(27)13-11-25-7-9-26(10-8-25)12-14-30-28(18-24-34-30)16-22-32-20-6-4-2/h7-14,17-18,23-24H,3-6,15-16,19-22H2,1-2H3. The maximum absolute atomic E-state index is 5.74. The first-order valence-electron chi connectivity index (χ1n) is 12.5. The van der Waals surface area contributed by atoms with Gasteiger partial charge < -0.3 is 9.47 Å². The summed E-state index contributed by atoms with van der Waals surface area (Å²) >= 11 is 3.59. The van der Waals surface area contributed by atoms with Crippen molar-refractivity contribution in [3.8, 4) is 0 Å². The fraction of sp³-hybridized carbons (Fsp3) is 0.400. The second-order valence-electron chi connectivity index (χ2n) is 8.39. The van der Waals surface area contributed by atoms with Gasteiger partial charge in [0.05, 0.1) is 13.2 Å². The molecule has 0 N–H and O–H groups in total. The number of benzene rings is 1. The number of thiophene rings is 2. The lowest BCUT2D eigenvalue weighted by Crippen LogP contribution is -2.00. The van der Waals surface area contributed by atoms with E-state index in [4.69, 9.17) is 9.47 Å². The van der Waals surface area contributed by atoms with Crippen LogP contribution in [0.15, 0.2) is 47.2 Å². The number of ether oxygens (including phenoxy) is 2. The topological polar surface area (TPSA) is 18.5 Å². The van der Waals surface area contributed by atoms with Crippen molar-refractivity contribution in [1.82, 2.24) is 0 Å². The van der Waals surface area contributed by atoms with Gasteiger partial charge >= 0.3 is 0 Å². The summed E-state index contributed by atoms with van der Waals surface area (Å²) in [6.45, 7) is 7.73. The van der Waals surface area contributed by atoms with Crippen LogP contribution in [0.1, 0.15) is 71.5 Å². The smallest absolute Gasteiger partial charge is 0.0506 e. The predicted octanol–water partition coefficient (Wildman–Crippen LogP) is 8.87. The van der Waals surface area contributed by atoms with Gasteiger partial charge in [0.25, 0.3) is 0 Å². The van der Waals surface area contributed by atoms with Crippen LogP contribution in [0.3, 0.4) is 0 Å². The molecule has 0 spiro atoms. The van der Waals surface area contributed by atoms with Crippen molar-refractivity contribution in [1.29, 1.82) is 0 Å². The van der Waals surface area contributed by atoms with Crippen molar-refractivity contribution in [3.05, 3.63) is 79.2 Å². The molecule has 0 aliphatic heterocycles. The highest BCUT2D eigenvalue weighted by Crippen LogP contribution is 2.22. The SMILES string of the molecule is CCCCOCCc1ccsc1C=Cc1ccc(C=Cc2sccc2CCOCCCC)cc1. The first kappa shape index (κ1) is 26.6. The highest BCUT2D eigenvalue weighted by atomic mass is 32.1. The Balaban J connectivity index is 1.50. The van der Waals surface area contributed by atoms with E-state index >= 15 is 0 Å². The maximum Gasteiger partial charge on any atom is 0.0506 e. The molecular formula is C30H38O2S2. The molecule has 0 fully saturated rings. The molecule has 3 aromatic rings. The minimum Gasteiger partial charge on any atom is -0.381 e. The molecule has 1 aromatic carbocycles. The Morgan fingerprint density at radius 3 is 1.44 bits per heavy atom. The third-order valence-corrected chi connectivity index (χ3v) is 7.52. The van der Waals surface area contributed by atoms with Crippen LogP contribution >= 0.6 is 22.7 Å². The Labute approximate surface area is 214 Å². The van der Waals surface area contributed by atoms with Gasteiger partial charge in [-0.2, -0.15) is 0 Å². The van der Waals surface area contributed by atoms with E-state index in [1.165, 1.54) is 44.8 Å². The molecule has 0 amide bonds. The molecule has 0 atom stereocenters. The van der Waals surface area contributed by atoms with Gasteiger partial charge in [-0.05, 0) is 83.0 Å². The Morgan fingerprint density at radius 1 is 0.588 bits per heavy atom. The normalized spacial score (nSPS) is 11.8. The van der Waals surface area contributed by atoms with Crippen LogP contribution in [0.2, 0.25) is 0 Å². The van der Waals surface area contributed by atoms with Crippen LogP contribution in [0.5, 0.6) is 0 Å². The molecule has 2 aromatic heterocycles. The average Bonchev–Trinajstić information content (AvgIpc) is 3.51. The van der Waals surface area contributed by atoms with Gasteiger partial charge in [-0.25, -0.2) is 0 Å². The Bertz CT molecular complexity index is 914. The van der Waals surface area contributed by atoms with Crippen LogP contribution in [0.4, 0.5) is 0 Å². The molecule has 2 heterocycles. The first-order valence-corrected chi connectivity index (χ1v) is 14.3. The zero-order chi connectivity index (χ0) is 23.8. The second-order valence-corrected chi connectivity index (χ2v) is 10.3. The molecule has 0 unspecified atom stereocenters. The molecule has 3 rings (SSSR count). The monoisotopic (exact) mass is 494 g/mol. The molecule has 0 bridgehead atoms. The van der Waals surface area contributed by atoms with Crippen molar-refractivity contribution in [2.75, 3.05) is 26.4 Å². The average molecular weight is 495 g/mol. The zero-order valence-electron chi connectivity index (χ0n) is 20.6. The van der Waals surface area contributed by atoms with E-state index in [-0.39, 0.29) is 0 Å². The summed E-state index contributed by atoms with van der Waals surface area (Å²) < 4.78 is 11.5. The van der Waals surface area contributed by atoms with Crippen LogP contribution in [0.25, 0.3) is 24.3 Å². The number of hydrogen-bond acceptors (Lipinski definition) is 4. The molecule has 0 saturated heterocycles. The van der Waals surface area contributed by atoms with Gasteiger partial charge in [-0.1, -0.05) is 63.1 Å². The fourth-order valence-corrected chi connectivity index (χ4v) is 5.22. The number of rotatable bonds is 16. The lowest BCUT2D eigenvalue weighted by Gasteiger charge is -2.03. The maximum atomic E-state index is 5.74. The summed E-state index contributed by atoms with van der Waals surface area (Å²) in [6, 6.07) is 13.2. The first-order chi connectivity index (χ1) is 16.8. The van der Waals surface area contributed by atoms with Gasteiger partial charge in [-0.15, -0.1) is 22.7 Å². The second kappa shape index (κ2) is 15.8. The molecule has 34 heavy (non-hydrogen) atoms. The molecule has 0 radical (unpaired) electrons. The van der Waals surface area contributed by atoms with Crippen LogP contribution in [0, 0.1) is 0 Å². The van der Waals surface area contributed by atoms with Gasteiger partial charge in [0.2, 0.25) is 0 Å². The Morgan fingerprint density at radius 2 is 1.03 bits per heavy atom. The van der Waals surface area contributed by atoms with Crippen LogP contribution < -0.4 is 0 Å².